The Morgan fingerprint density at radius 1 is 1.18 bits per heavy atom. The summed E-state index contributed by atoms with van der Waals surface area (Å²) in [7, 11) is 1.60. The normalized spacial score (nSPS) is 10.1. The molecule has 0 aromatic heterocycles. The number of nitrogens with zero attached hydrogens (tertiary/aromatic N) is 1. The topological polar surface area (TPSA) is 67.9 Å². The zero-order valence-electron chi connectivity index (χ0n) is 13.4. The monoisotopic (exact) mass is 308 g/mol. The quantitative estimate of drug-likeness (QED) is 0.750. The standard InChI is InChI=1S/C16H24N2O4/c1-4-10-18(11-12-21-3)16(20)17-14-9-7-6-8-13(14)15(19)22-5-2/h6-9H,4-5,10-12H2,1-3H3,(H,17,20). The van der Waals surface area contributed by atoms with E-state index in [4.69, 9.17) is 9.47 Å². The van der Waals surface area contributed by atoms with Crippen LogP contribution in [0.25, 0.3) is 0 Å². The van der Waals surface area contributed by atoms with Crippen molar-refractivity contribution in [1.82, 2.24) is 4.90 Å². The lowest BCUT2D eigenvalue weighted by Crippen LogP contribution is -2.38. The van der Waals surface area contributed by atoms with Gasteiger partial charge in [-0.25, -0.2) is 9.59 Å². The minimum atomic E-state index is -0.447. The Kier molecular flexibility index (Phi) is 7.99. The van der Waals surface area contributed by atoms with E-state index in [1.54, 1.807) is 43.2 Å². The van der Waals surface area contributed by atoms with Crippen LogP contribution in [0.1, 0.15) is 30.6 Å². The van der Waals surface area contributed by atoms with Gasteiger partial charge in [-0.05, 0) is 25.5 Å². The Morgan fingerprint density at radius 3 is 2.55 bits per heavy atom. The molecule has 0 bridgehead atoms. The van der Waals surface area contributed by atoms with Gasteiger partial charge in [0.25, 0.3) is 0 Å². The van der Waals surface area contributed by atoms with Gasteiger partial charge in [0.2, 0.25) is 0 Å². The van der Waals surface area contributed by atoms with Gasteiger partial charge >= 0.3 is 12.0 Å². The van der Waals surface area contributed by atoms with Crippen LogP contribution in [-0.4, -0.2) is 50.3 Å². The average molecular weight is 308 g/mol. The van der Waals surface area contributed by atoms with Crippen LogP contribution in [0.15, 0.2) is 24.3 Å². The fourth-order valence-corrected chi connectivity index (χ4v) is 1.96. The maximum atomic E-state index is 12.3. The Bertz CT molecular complexity index is 491. The van der Waals surface area contributed by atoms with E-state index in [0.717, 1.165) is 6.42 Å². The molecule has 0 saturated carbocycles. The van der Waals surface area contributed by atoms with Crippen LogP contribution >= 0.6 is 0 Å². The second-order valence-corrected chi connectivity index (χ2v) is 4.68. The summed E-state index contributed by atoms with van der Waals surface area (Å²) in [6.45, 7) is 5.62. The van der Waals surface area contributed by atoms with Crippen molar-refractivity contribution in [3.8, 4) is 0 Å². The molecule has 0 aliphatic rings. The molecule has 1 aromatic rings. The summed E-state index contributed by atoms with van der Waals surface area (Å²) in [5.74, 6) is -0.447. The van der Waals surface area contributed by atoms with Crippen molar-refractivity contribution < 1.29 is 19.1 Å². The van der Waals surface area contributed by atoms with E-state index in [-0.39, 0.29) is 12.6 Å². The number of hydrogen-bond acceptors (Lipinski definition) is 4. The van der Waals surface area contributed by atoms with E-state index in [9.17, 15) is 9.59 Å². The lowest BCUT2D eigenvalue weighted by molar-refractivity contribution is 0.0527. The Hall–Kier alpha value is -2.08. The number of hydrogen-bond donors (Lipinski definition) is 1. The zero-order chi connectivity index (χ0) is 16.4. The number of ether oxygens (including phenoxy) is 2. The Morgan fingerprint density at radius 2 is 1.91 bits per heavy atom. The molecular formula is C16H24N2O4. The van der Waals surface area contributed by atoms with Crippen molar-refractivity contribution in [2.45, 2.75) is 20.3 Å². The maximum absolute atomic E-state index is 12.3. The molecule has 0 aliphatic carbocycles. The number of benzene rings is 1. The van der Waals surface area contributed by atoms with Crippen LogP contribution in [0.2, 0.25) is 0 Å². The van der Waals surface area contributed by atoms with Gasteiger partial charge in [-0.1, -0.05) is 19.1 Å². The van der Waals surface area contributed by atoms with Crippen molar-refractivity contribution in [3.05, 3.63) is 29.8 Å². The molecule has 22 heavy (non-hydrogen) atoms. The van der Waals surface area contributed by atoms with Crippen molar-refractivity contribution >= 4 is 17.7 Å². The minimum Gasteiger partial charge on any atom is -0.462 e. The van der Waals surface area contributed by atoms with Crippen LogP contribution in [0.4, 0.5) is 10.5 Å². The molecule has 0 saturated heterocycles. The third-order valence-electron chi connectivity index (χ3n) is 3.01. The number of esters is 1. The Balaban J connectivity index is 2.83. The molecule has 0 heterocycles. The fraction of sp³-hybridized carbons (Fsp3) is 0.500. The number of amides is 2. The number of anilines is 1. The van der Waals surface area contributed by atoms with Crippen molar-refractivity contribution in [2.24, 2.45) is 0 Å². The molecule has 0 unspecified atom stereocenters. The molecule has 0 atom stereocenters. The van der Waals surface area contributed by atoms with E-state index in [1.807, 2.05) is 6.92 Å². The summed E-state index contributed by atoms with van der Waals surface area (Å²) in [5.41, 5.74) is 0.797. The number of rotatable bonds is 8. The highest BCUT2D eigenvalue weighted by Gasteiger charge is 2.17. The van der Waals surface area contributed by atoms with E-state index in [2.05, 4.69) is 5.32 Å². The number of para-hydroxylation sites is 1. The van der Waals surface area contributed by atoms with Crippen LogP contribution < -0.4 is 5.32 Å². The summed E-state index contributed by atoms with van der Waals surface area (Å²) >= 11 is 0. The van der Waals surface area contributed by atoms with Gasteiger partial charge in [0.15, 0.2) is 0 Å². The molecule has 0 spiro atoms. The minimum absolute atomic E-state index is 0.254. The first-order chi connectivity index (χ1) is 10.6. The lowest BCUT2D eigenvalue weighted by Gasteiger charge is -2.22. The summed E-state index contributed by atoms with van der Waals surface area (Å²) in [6.07, 6.45) is 0.844. The molecule has 1 rings (SSSR count). The van der Waals surface area contributed by atoms with Crippen molar-refractivity contribution in [2.75, 3.05) is 38.7 Å². The maximum Gasteiger partial charge on any atom is 0.340 e. The van der Waals surface area contributed by atoms with Crippen molar-refractivity contribution in [1.29, 1.82) is 0 Å². The average Bonchev–Trinajstić information content (AvgIpc) is 2.52. The first kappa shape index (κ1) is 18.0. The van der Waals surface area contributed by atoms with Gasteiger partial charge in [-0.15, -0.1) is 0 Å². The smallest absolute Gasteiger partial charge is 0.340 e. The van der Waals surface area contributed by atoms with Gasteiger partial charge in [-0.2, -0.15) is 0 Å². The summed E-state index contributed by atoms with van der Waals surface area (Å²) in [4.78, 5) is 25.9. The van der Waals surface area contributed by atoms with Crippen molar-refractivity contribution in [3.63, 3.8) is 0 Å². The highest BCUT2D eigenvalue weighted by molar-refractivity contribution is 6.00. The fourth-order valence-electron chi connectivity index (χ4n) is 1.96. The molecule has 122 valence electrons. The largest absolute Gasteiger partial charge is 0.462 e. The molecule has 6 nitrogen and oxygen atoms in total. The molecule has 0 radical (unpaired) electrons. The van der Waals surface area contributed by atoms with E-state index in [0.29, 0.717) is 30.9 Å². The first-order valence-electron chi connectivity index (χ1n) is 7.45. The van der Waals surface area contributed by atoms with E-state index >= 15 is 0 Å². The predicted molar refractivity (Wildman–Crippen MR) is 85.2 cm³/mol. The van der Waals surface area contributed by atoms with Crippen LogP contribution in [0, 0.1) is 0 Å². The molecule has 2 amide bonds. The van der Waals surface area contributed by atoms with E-state index < -0.39 is 5.97 Å². The van der Waals surface area contributed by atoms with Gasteiger partial charge in [0.1, 0.15) is 0 Å². The van der Waals surface area contributed by atoms with E-state index in [1.165, 1.54) is 0 Å². The molecule has 1 aromatic carbocycles. The van der Waals surface area contributed by atoms with Gasteiger partial charge in [0.05, 0.1) is 24.5 Å². The molecular weight excluding hydrogens is 284 g/mol. The first-order valence-corrected chi connectivity index (χ1v) is 7.45. The van der Waals surface area contributed by atoms with Crippen LogP contribution in [0.3, 0.4) is 0 Å². The van der Waals surface area contributed by atoms with Crippen LogP contribution in [-0.2, 0) is 9.47 Å². The highest BCUT2D eigenvalue weighted by atomic mass is 16.5. The highest BCUT2D eigenvalue weighted by Crippen LogP contribution is 2.17. The summed E-state index contributed by atoms with van der Waals surface area (Å²) in [5, 5.41) is 2.77. The van der Waals surface area contributed by atoms with Gasteiger partial charge in [-0.3, -0.25) is 0 Å². The second-order valence-electron chi connectivity index (χ2n) is 4.68. The second kappa shape index (κ2) is 9.78. The lowest BCUT2D eigenvalue weighted by atomic mass is 10.2. The van der Waals surface area contributed by atoms with Gasteiger partial charge in [0, 0.05) is 20.2 Å². The third kappa shape index (κ3) is 5.37. The van der Waals surface area contributed by atoms with Gasteiger partial charge < -0.3 is 19.7 Å². The third-order valence-corrected chi connectivity index (χ3v) is 3.01. The molecule has 1 N–H and O–H groups in total. The SMILES string of the molecule is CCCN(CCOC)C(=O)Nc1ccccc1C(=O)OCC. The molecule has 0 fully saturated rings. The Labute approximate surface area is 131 Å². The molecule has 0 aliphatic heterocycles. The molecule has 6 heteroatoms. The van der Waals surface area contributed by atoms with Crippen LogP contribution in [0.5, 0.6) is 0 Å². The number of methoxy groups -OCH3 is 1. The number of nitrogens with one attached hydrogen (secondary N) is 1. The number of carbonyl (C=O) groups excluding carboxylic acids is 2. The number of urea groups is 1. The predicted octanol–water partition coefficient (Wildman–Crippen LogP) is 2.75. The number of carbonyl (C=O) groups is 2. The summed E-state index contributed by atoms with van der Waals surface area (Å²) in [6, 6.07) is 6.56. The zero-order valence-corrected chi connectivity index (χ0v) is 13.4. The summed E-state index contributed by atoms with van der Waals surface area (Å²) < 4.78 is 10.0.